The highest BCUT2D eigenvalue weighted by molar-refractivity contribution is 9.10. The number of aryl methyl sites for hydroxylation is 1. The molecule has 0 spiro atoms. The maximum absolute atomic E-state index is 6.29. The highest BCUT2D eigenvalue weighted by Crippen LogP contribution is 2.40. The zero-order valence-electron chi connectivity index (χ0n) is 11.1. The summed E-state index contributed by atoms with van der Waals surface area (Å²) in [6, 6.07) is 10.5. The third-order valence-corrected chi connectivity index (χ3v) is 5.21. The van der Waals surface area contributed by atoms with E-state index < -0.39 is 0 Å². The van der Waals surface area contributed by atoms with E-state index in [0.29, 0.717) is 0 Å². The van der Waals surface area contributed by atoms with E-state index in [4.69, 9.17) is 10.2 Å². The Balaban J connectivity index is 2.26. The van der Waals surface area contributed by atoms with Gasteiger partial charge < -0.3 is 10.2 Å². The predicted molar refractivity (Wildman–Crippen MR) is 84.5 cm³/mol. The van der Waals surface area contributed by atoms with Crippen LogP contribution in [0.25, 0.3) is 0 Å². The van der Waals surface area contributed by atoms with Crippen LogP contribution in [0.15, 0.2) is 50.4 Å². The summed E-state index contributed by atoms with van der Waals surface area (Å²) >= 11 is 5.25. The van der Waals surface area contributed by atoms with E-state index in [1.807, 2.05) is 13.0 Å². The fraction of sp³-hybridized carbons (Fsp3) is 0.333. The largest absolute Gasteiger partial charge is 0.468 e. The van der Waals surface area contributed by atoms with Crippen molar-refractivity contribution < 1.29 is 4.42 Å². The zero-order chi connectivity index (χ0) is 13.8. The van der Waals surface area contributed by atoms with Gasteiger partial charge >= 0.3 is 0 Å². The maximum Gasteiger partial charge on any atom is 0.114 e. The molecule has 0 bridgehead atoms. The molecule has 0 saturated heterocycles. The van der Waals surface area contributed by atoms with Crippen molar-refractivity contribution in [3.63, 3.8) is 0 Å². The number of hydrogen-bond donors (Lipinski definition) is 1. The van der Waals surface area contributed by atoms with Gasteiger partial charge in [-0.1, -0.05) is 35.0 Å². The molecule has 19 heavy (non-hydrogen) atoms. The minimum absolute atomic E-state index is 0.125. The molecule has 0 saturated carbocycles. The van der Waals surface area contributed by atoms with Gasteiger partial charge in [-0.3, -0.25) is 0 Å². The van der Waals surface area contributed by atoms with Gasteiger partial charge in [0.05, 0.1) is 6.26 Å². The lowest BCUT2D eigenvalue weighted by Gasteiger charge is -2.22. The first-order chi connectivity index (χ1) is 9.11. The number of rotatable bonds is 5. The average Bonchev–Trinajstić information content (AvgIpc) is 2.82. The van der Waals surface area contributed by atoms with E-state index in [-0.39, 0.29) is 11.3 Å². The van der Waals surface area contributed by atoms with Crippen molar-refractivity contribution in [1.82, 2.24) is 0 Å². The smallest absolute Gasteiger partial charge is 0.114 e. The lowest BCUT2D eigenvalue weighted by Crippen LogP contribution is -2.25. The summed E-state index contributed by atoms with van der Waals surface area (Å²) in [5.74, 6) is 0.954. The van der Waals surface area contributed by atoms with Crippen LogP contribution in [-0.4, -0.2) is 6.04 Å². The van der Waals surface area contributed by atoms with Crippen LogP contribution in [-0.2, 0) is 0 Å². The minimum Gasteiger partial charge on any atom is -0.468 e. The van der Waals surface area contributed by atoms with Crippen molar-refractivity contribution in [3.8, 4) is 0 Å². The second-order valence-electron chi connectivity index (χ2n) is 4.50. The molecule has 102 valence electrons. The molecule has 0 radical (unpaired) electrons. The van der Waals surface area contributed by atoms with Gasteiger partial charge in [-0.15, -0.1) is 11.8 Å². The molecule has 0 aliphatic rings. The molecule has 1 aromatic heterocycles. The van der Waals surface area contributed by atoms with Gasteiger partial charge in [0.25, 0.3) is 0 Å². The first-order valence-electron chi connectivity index (χ1n) is 6.33. The summed E-state index contributed by atoms with van der Waals surface area (Å²) in [6.07, 6.45) is 2.68. The van der Waals surface area contributed by atoms with E-state index in [9.17, 15) is 0 Å². The maximum atomic E-state index is 6.29. The lowest BCUT2D eigenvalue weighted by molar-refractivity contribution is 0.526. The van der Waals surface area contributed by atoms with Gasteiger partial charge in [0.2, 0.25) is 0 Å². The Morgan fingerprint density at radius 2 is 1.95 bits per heavy atom. The average molecular weight is 340 g/mol. The molecule has 0 fully saturated rings. The molecule has 4 heteroatoms. The van der Waals surface area contributed by atoms with Crippen LogP contribution in [0.5, 0.6) is 0 Å². The fourth-order valence-electron chi connectivity index (χ4n) is 1.90. The van der Waals surface area contributed by atoms with Gasteiger partial charge in [-0.25, -0.2) is 0 Å². The predicted octanol–water partition coefficient (Wildman–Crippen LogP) is 4.92. The molecular formula is C15H18BrNOS. The fourth-order valence-corrected chi connectivity index (χ4v) is 3.45. The van der Waals surface area contributed by atoms with Crippen molar-refractivity contribution in [2.45, 2.75) is 36.5 Å². The van der Waals surface area contributed by atoms with Crippen molar-refractivity contribution in [1.29, 1.82) is 0 Å². The Morgan fingerprint density at radius 3 is 2.47 bits per heavy atom. The Bertz CT molecular complexity index is 523. The van der Waals surface area contributed by atoms with Crippen LogP contribution >= 0.6 is 27.7 Å². The van der Waals surface area contributed by atoms with Crippen molar-refractivity contribution >= 4 is 27.7 Å². The monoisotopic (exact) mass is 339 g/mol. The Hall–Kier alpha value is -0.710. The topological polar surface area (TPSA) is 39.2 Å². The lowest BCUT2D eigenvalue weighted by atomic mass is 10.0. The molecule has 0 aliphatic carbocycles. The minimum atomic E-state index is 0.125. The first-order valence-corrected chi connectivity index (χ1v) is 8.01. The van der Waals surface area contributed by atoms with E-state index in [1.165, 1.54) is 5.56 Å². The van der Waals surface area contributed by atoms with E-state index in [1.54, 1.807) is 18.0 Å². The normalized spacial score (nSPS) is 14.3. The molecule has 2 atom stereocenters. The first kappa shape index (κ1) is 14.7. The summed E-state index contributed by atoms with van der Waals surface area (Å²) < 4.78 is 6.45. The highest BCUT2D eigenvalue weighted by atomic mass is 79.9. The summed E-state index contributed by atoms with van der Waals surface area (Å²) in [5.41, 5.74) is 7.54. The van der Waals surface area contributed by atoms with Gasteiger partial charge in [-0.2, -0.15) is 0 Å². The molecule has 0 aliphatic heterocycles. The van der Waals surface area contributed by atoms with Crippen LogP contribution in [0.1, 0.15) is 29.9 Å². The van der Waals surface area contributed by atoms with Gasteiger partial charge in [0.1, 0.15) is 5.76 Å². The Morgan fingerprint density at radius 1 is 1.26 bits per heavy atom. The van der Waals surface area contributed by atoms with Crippen LogP contribution in [0, 0.1) is 6.92 Å². The van der Waals surface area contributed by atoms with E-state index in [2.05, 4.69) is 47.1 Å². The highest BCUT2D eigenvalue weighted by Gasteiger charge is 2.21. The zero-order valence-corrected chi connectivity index (χ0v) is 13.5. The van der Waals surface area contributed by atoms with Gasteiger partial charge in [0.15, 0.2) is 0 Å². The van der Waals surface area contributed by atoms with Crippen LogP contribution < -0.4 is 5.73 Å². The quantitative estimate of drug-likeness (QED) is 0.785. The second-order valence-corrected chi connectivity index (χ2v) is 6.60. The molecule has 2 N–H and O–H groups in total. The molecule has 2 rings (SSSR count). The molecule has 2 unspecified atom stereocenters. The molecule has 1 heterocycles. The number of nitrogens with two attached hydrogens (primary N) is 1. The van der Waals surface area contributed by atoms with Gasteiger partial charge in [-0.05, 0) is 37.1 Å². The standard InChI is InChI=1S/C15H18BrNOS/c1-3-13(17)15(11-4-6-12(16)7-5-11)19-14-8-9-18-10(14)2/h4-9,13,15H,3,17H2,1-2H3. The molecule has 1 aromatic carbocycles. The van der Waals surface area contributed by atoms with E-state index >= 15 is 0 Å². The van der Waals surface area contributed by atoms with Crippen LogP contribution in [0.3, 0.4) is 0 Å². The number of thioether (sulfide) groups is 1. The second kappa shape index (κ2) is 6.64. The molecule has 2 aromatic rings. The number of furan rings is 1. The SMILES string of the molecule is CCC(N)C(Sc1ccoc1C)c1ccc(Br)cc1. The third-order valence-electron chi connectivity index (χ3n) is 3.12. The van der Waals surface area contributed by atoms with E-state index in [0.717, 1.165) is 21.5 Å². The number of hydrogen-bond acceptors (Lipinski definition) is 3. The molecule has 0 amide bonds. The molecule has 2 nitrogen and oxygen atoms in total. The van der Waals surface area contributed by atoms with Crippen LogP contribution in [0.4, 0.5) is 0 Å². The third kappa shape index (κ3) is 3.65. The summed E-state index contributed by atoms with van der Waals surface area (Å²) in [6.45, 7) is 4.11. The summed E-state index contributed by atoms with van der Waals surface area (Å²) in [7, 11) is 0. The summed E-state index contributed by atoms with van der Waals surface area (Å²) in [4.78, 5) is 1.16. The van der Waals surface area contributed by atoms with Crippen molar-refractivity contribution in [2.24, 2.45) is 5.73 Å². The van der Waals surface area contributed by atoms with Crippen LogP contribution in [0.2, 0.25) is 0 Å². The van der Waals surface area contributed by atoms with Crippen molar-refractivity contribution in [3.05, 3.63) is 52.4 Å². The Labute approximate surface area is 126 Å². The number of benzene rings is 1. The van der Waals surface area contributed by atoms with Gasteiger partial charge in [0, 0.05) is 20.7 Å². The van der Waals surface area contributed by atoms with Crippen molar-refractivity contribution in [2.75, 3.05) is 0 Å². The number of halogens is 1. The Kier molecular flexibility index (Phi) is 5.13. The summed E-state index contributed by atoms with van der Waals surface area (Å²) in [5, 5.41) is 0.245. The molecular weight excluding hydrogens is 322 g/mol.